The summed E-state index contributed by atoms with van der Waals surface area (Å²) in [6.07, 6.45) is 0.482. The minimum atomic E-state index is -0.387. The van der Waals surface area contributed by atoms with Gasteiger partial charge in [-0.1, -0.05) is 26.0 Å². The molecule has 21 heavy (non-hydrogen) atoms. The van der Waals surface area contributed by atoms with Crippen molar-refractivity contribution in [3.05, 3.63) is 29.8 Å². The van der Waals surface area contributed by atoms with Gasteiger partial charge in [0.15, 0.2) is 0 Å². The second kappa shape index (κ2) is 8.03. The largest absolute Gasteiger partial charge is 0.493 e. The predicted molar refractivity (Wildman–Crippen MR) is 86.5 cm³/mol. The number of carbonyl (C=O) groups excluding carboxylic acids is 1. The lowest BCUT2D eigenvalue weighted by molar-refractivity contribution is -0.122. The number of carbonyl (C=O) groups is 1. The van der Waals surface area contributed by atoms with Crippen molar-refractivity contribution in [2.45, 2.75) is 39.7 Å². The Morgan fingerprint density at radius 1 is 1.24 bits per heavy atom. The average Bonchev–Trinajstić information content (AvgIpc) is 2.43. The van der Waals surface area contributed by atoms with E-state index in [0.717, 1.165) is 11.3 Å². The summed E-state index contributed by atoms with van der Waals surface area (Å²) in [5.41, 5.74) is 0.679. The maximum atomic E-state index is 11.9. The van der Waals surface area contributed by atoms with Gasteiger partial charge in [0.2, 0.25) is 5.91 Å². The van der Waals surface area contributed by atoms with E-state index >= 15 is 0 Å². The smallest absolute Gasteiger partial charge is 0.221 e. The van der Waals surface area contributed by atoms with Crippen LogP contribution in [-0.2, 0) is 10.3 Å². The molecule has 0 fully saturated rings. The molecule has 1 aromatic rings. The summed E-state index contributed by atoms with van der Waals surface area (Å²) in [5, 5.41) is 6.03. The molecule has 0 aliphatic rings. The van der Waals surface area contributed by atoms with Crippen molar-refractivity contribution in [2.24, 2.45) is 5.92 Å². The van der Waals surface area contributed by atoms with E-state index in [2.05, 4.69) is 24.5 Å². The Kier molecular flexibility index (Phi) is 6.69. The molecular weight excluding hydrogens is 264 g/mol. The molecule has 0 atom stereocenters. The van der Waals surface area contributed by atoms with E-state index in [1.165, 1.54) is 0 Å². The summed E-state index contributed by atoms with van der Waals surface area (Å²) in [5.74, 6) is 1.42. The molecule has 0 bridgehead atoms. The second-order valence-electron chi connectivity index (χ2n) is 6.26. The van der Waals surface area contributed by atoms with Crippen molar-refractivity contribution in [1.82, 2.24) is 10.6 Å². The SMILES string of the molecule is CNCCC(=O)NC(C)(C)c1ccc(OCC(C)C)cc1. The van der Waals surface area contributed by atoms with Crippen LogP contribution < -0.4 is 15.4 Å². The minimum absolute atomic E-state index is 0.0504. The number of amides is 1. The fourth-order valence-corrected chi connectivity index (χ4v) is 1.95. The van der Waals surface area contributed by atoms with Crippen molar-refractivity contribution in [3.8, 4) is 5.75 Å². The van der Waals surface area contributed by atoms with Gasteiger partial charge in [-0.2, -0.15) is 0 Å². The minimum Gasteiger partial charge on any atom is -0.493 e. The molecule has 0 saturated heterocycles. The molecule has 0 saturated carbocycles. The normalized spacial score (nSPS) is 11.5. The molecular formula is C17H28N2O2. The Balaban J connectivity index is 2.64. The fourth-order valence-electron chi connectivity index (χ4n) is 1.95. The van der Waals surface area contributed by atoms with Gasteiger partial charge in [-0.25, -0.2) is 0 Å². The van der Waals surface area contributed by atoms with Crippen molar-refractivity contribution >= 4 is 5.91 Å². The molecule has 0 aliphatic heterocycles. The first-order chi connectivity index (χ1) is 9.85. The van der Waals surface area contributed by atoms with Crippen LogP contribution in [-0.4, -0.2) is 26.1 Å². The average molecular weight is 292 g/mol. The third kappa shape index (κ3) is 6.17. The van der Waals surface area contributed by atoms with Crippen molar-refractivity contribution in [2.75, 3.05) is 20.2 Å². The van der Waals surface area contributed by atoms with Crippen LogP contribution in [0, 0.1) is 5.92 Å². The highest BCUT2D eigenvalue weighted by molar-refractivity contribution is 5.77. The first-order valence-corrected chi connectivity index (χ1v) is 7.54. The maximum absolute atomic E-state index is 11.9. The molecule has 1 rings (SSSR count). The van der Waals surface area contributed by atoms with Crippen LogP contribution in [0.2, 0.25) is 0 Å². The molecule has 118 valence electrons. The molecule has 4 heteroatoms. The first-order valence-electron chi connectivity index (χ1n) is 7.54. The van der Waals surface area contributed by atoms with E-state index in [1.54, 1.807) is 0 Å². The van der Waals surface area contributed by atoms with Gasteiger partial charge >= 0.3 is 0 Å². The maximum Gasteiger partial charge on any atom is 0.221 e. The molecule has 1 aromatic carbocycles. The van der Waals surface area contributed by atoms with E-state index in [0.29, 0.717) is 25.5 Å². The summed E-state index contributed by atoms with van der Waals surface area (Å²) < 4.78 is 5.67. The summed E-state index contributed by atoms with van der Waals surface area (Å²) in [6.45, 7) is 9.66. The Hall–Kier alpha value is -1.55. The second-order valence-corrected chi connectivity index (χ2v) is 6.26. The molecule has 4 nitrogen and oxygen atoms in total. The van der Waals surface area contributed by atoms with E-state index in [4.69, 9.17) is 4.74 Å². The predicted octanol–water partition coefficient (Wildman–Crippen LogP) is 2.68. The van der Waals surface area contributed by atoms with Crippen molar-refractivity contribution in [3.63, 3.8) is 0 Å². The Labute approximate surface area is 128 Å². The van der Waals surface area contributed by atoms with Gasteiger partial charge in [-0.15, -0.1) is 0 Å². The summed E-state index contributed by atoms with van der Waals surface area (Å²) in [7, 11) is 1.84. The van der Waals surface area contributed by atoms with Gasteiger partial charge in [0.1, 0.15) is 5.75 Å². The molecule has 0 aromatic heterocycles. The van der Waals surface area contributed by atoms with Gasteiger partial charge in [0.05, 0.1) is 12.1 Å². The number of benzene rings is 1. The van der Waals surface area contributed by atoms with Gasteiger partial charge < -0.3 is 15.4 Å². The number of nitrogens with one attached hydrogen (secondary N) is 2. The van der Waals surface area contributed by atoms with Crippen LogP contribution in [0.3, 0.4) is 0 Å². The molecule has 0 radical (unpaired) electrons. The topological polar surface area (TPSA) is 50.4 Å². The zero-order valence-electron chi connectivity index (χ0n) is 13.8. The zero-order valence-corrected chi connectivity index (χ0v) is 13.8. The van der Waals surface area contributed by atoms with E-state index in [9.17, 15) is 4.79 Å². The third-order valence-corrected chi connectivity index (χ3v) is 3.21. The quantitative estimate of drug-likeness (QED) is 0.774. The third-order valence-electron chi connectivity index (χ3n) is 3.21. The Morgan fingerprint density at radius 3 is 2.38 bits per heavy atom. The van der Waals surface area contributed by atoms with Gasteiger partial charge in [0, 0.05) is 13.0 Å². The van der Waals surface area contributed by atoms with Crippen molar-refractivity contribution in [1.29, 1.82) is 0 Å². The van der Waals surface area contributed by atoms with Crippen molar-refractivity contribution < 1.29 is 9.53 Å². The molecule has 0 spiro atoms. The highest BCUT2D eigenvalue weighted by Crippen LogP contribution is 2.23. The van der Waals surface area contributed by atoms with Crippen LogP contribution in [0.5, 0.6) is 5.75 Å². The van der Waals surface area contributed by atoms with E-state index in [-0.39, 0.29) is 11.4 Å². The molecule has 0 unspecified atom stereocenters. The number of hydrogen-bond donors (Lipinski definition) is 2. The lowest BCUT2D eigenvalue weighted by Crippen LogP contribution is -2.41. The lowest BCUT2D eigenvalue weighted by atomic mass is 9.94. The zero-order chi connectivity index (χ0) is 15.9. The Bertz CT molecular complexity index is 439. The summed E-state index contributed by atoms with van der Waals surface area (Å²) in [4.78, 5) is 11.9. The van der Waals surface area contributed by atoms with Gasteiger partial charge in [-0.05, 0) is 44.5 Å². The molecule has 2 N–H and O–H groups in total. The summed E-state index contributed by atoms with van der Waals surface area (Å²) >= 11 is 0. The highest BCUT2D eigenvalue weighted by atomic mass is 16.5. The Morgan fingerprint density at radius 2 is 1.86 bits per heavy atom. The van der Waals surface area contributed by atoms with Crippen LogP contribution in [0.1, 0.15) is 39.7 Å². The first kappa shape index (κ1) is 17.5. The van der Waals surface area contributed by atoms with Crippen LogP contribution in [0.15, 0.2) is 24.3 Å². The van der Waals surface area contributed by atoms with Gasteiger partial charge in [0.25, 0.3) is 0 Å². The van der Waals surface area contributed by atoms with Crippen LogP contribution in [0.4, 0.5) is 0 Å². The monoisotopic (exact) mass is 292 g/mol. The number of hydrogen-bond acceptors (Lipinski definition) is 3. The molecule has 1 amide bonds. The number of ether oxygens (including phenoxy) is 1. The molecule has 0 heterocycles. The molecule has 0 aliphatic carbocycles. The van der Waals surface area contributed by atoms with Crippen LogP contribution >= 0.6 is 0 Å². The van der Waals surface area contributed by atoms with Gasteiger partial charge in [-0.3, -0.25) is 4.79 Å². The lowest BCUT2D eigenvalue weighted by Gasteiger charge is -2.27. The van der Waals surface area contributed by atoms with E-state index in [1.807, 2.05) is 45.2 Å². The van der Waals surface area contributed by atoms with E-state index < -0.39 is 0 Å². The standard InChI is InChI=1S/C17H28N2O2/c1-13(2)12-21-15-8-6-14(7-9-15)17(3,4)19-16(20)10-11-18-5/h6-9,13,18H,10-12H2,1-5H3,(H,19,20). The van der Waals surface area contributed by atoms with Crippen LogP contribution in [0.25, 0.3) is 0 Å². The fraction of sp³-hybridized carbons (Fsp3) is 0.588. The number of rotatable bonds is 8. The summed E-state index contributed by atoms with van der Waals surface area (Å²) in [6, 6.07) is 7.93. The highest BCUT2D eigenvalue weighted by Gasteiger charge is 2.22.